The number of hydrogen-bond acceptors (Lipinski definition) is 8. The fourth-order valence-corrected chi connectivity index (χ4v) is 5.24. The number of amides is 1. The Labute approximate surface area is 188 Å². The number of aromatic amines is 1. The first-order valence-electron chi connectivity index (χ1n) is 9.48. The molecule has 0 unspecified atom stereocenters. The van der Waals surface area contributed by atoms with Crippen LogP contribution in [0.5, 0.6) is 11.5 Å². The molecular weight excluding hydrogens is 454 g/mol. The number of aromatic nitrogens is 2. The highest BCUT2D eigenvalue weighted by atomic mass is 32.2. The number of rotatable bonds is 6. The van der Waals surface area contributed by atoms with Crippen LogP contribution in [0.3, 0.4) is 0 Å². The molecule has 4 rings (SSSR count). The smallest absolute Gasteiger partial charge is 0.270 e. The zero-order valence-electron chi connectivity index (χ0n) is 17.2. The van der Waals surface area contributed by atoms with Crippen molar-refractivity contribution in [3.05, 3.63) is 64.1 Å². The van der Waals surface area contributed by atoms with Crippen LogP contribution in [0.15, 0.2) is 62.3 Å². The second-order valence-corrected chi connectivity index (χ2v) is 9.91. The van der Waals surface area contributed by atoms with Gasteiger partial charge in [-0.05, 0) is 37.6 Å². The molecule has 1 aliphatic heterocycles. The molecule has 0 radical (unpaired) electrons. The molecule has 0 atom stereocenters. The topological polar surface area (TPSA) is 127 Å². The number of hydrogen-bond donors (Lipinski definition) is 2. The van der Waals surface area contributed by atoms with Crippen molar-refractivity contribution in [2.24, 2.45) is 0 Å². The minimum absolute atomic E-state index is 0.0411. The summed E-state index contributed by atoms with van der Waals surface area (Å²) in [5.41, 5.74) is 1.21. The summed E-state index contributed by atoms with van der Waals surface area (Å²) < 4.78 is 36.3. The molecule has 3 aromatic rings. The Kier molecular flexibility index (Phi) is 5.94. The number of ether oxygens (including phenoxy) is 2. The van der Waals surface area contributed by atoms with E-state index in [1.807, 2.05) is 6.92 Å². The van der Waals surface area contributed by atoms with E-state index in [1.165, 1.54) is 6.07 Å². The normalized spacial score (nSPS) is 12.6. The average Bonchev–Trinajstić information content (AvgIpc) is 3.19. The van der Waals surface area contributed by atoms with E-state index in [-0.39, 0.29) is 28.5 Å². The SMILES string of the molecule is Cc1ccc(S(=O)(=O)c2cnc(SCC(=O)Nc3ccc4c(c3)OCO4)[nH]c2=O)c(C)c1. The van der Waals surface area contributed by atoms with Crippen molar-refractivity contribution >= 4 is 33.2 Å². The number of anilines is 1. The molecule has 0 fully saturated rings. The van der Waals surface area contributed by atoms with Crippen LogP contribution in [0, 0.1) is 13.8 Å². The first kappa shape index (κ1) is 21.9. The Morgan fingerprint density at radius 1 is 1.12 bits per heavy atom. The van der Waals surface area contributed by atoms with Crippen molar-refractivity contribution in [1.82, 2.24) is 9.97 Å². The number of H-pyrrole nitrogens is 1. The highest BCUT2D eigenvalue weighted by Gasteiger charge is 2.24. The number of thioether (sulfide) groups is 1. The van der Waals surface area contributed by atoms with Crippen molar-refractivity contribution in [2.75, 3.05) is 17.9 Å². The molecule has 11 heteroatoms. The Hall–Kier alpha value is -3.31. The Balaban J connectivity index is 1.44. The van der Waals surface area contributed by atoms with Crippen molar-refractivity contribution in [1.29, 1.82) is 0 Å². The van der Waals surface area contributed by atoms with Gasteiger partial charge in [-0.15, -0.1) is 0 Å². The summed E-state index contributed by atoms with van der Waals surface area (Å²) in [6, 6.07) is 9.91. The van der Waals surface area contributed by atoms with Crippen LogP contribution in [-0.2, 0) is 14.6 Å². The van der Waals surface area contributed by atoms with Crippen LogP contribution in [0.4, 0.5) is 5.69 Å². The molecule has 1 aromatic heterocycles. The summed E-state index contributed by atoms with van der Waals surface area (Å²) in [4.78, 5) is 30.8. The molecule has 0 spiro atoms. The van der Waals surface area contributed by atoms with Crippen molar-refractivity contribution < 1.29 is 22.7 Å². The van der Waals surface area contributed by atoms with Gasteiger partial charge in [0.15, 0.2) is 21.6 Å². The molecular formula is C21H19N3O6S2. The molecule has 1 aliphatic rings. The number of nitrogens with one attached hydrogen (secondary N) is 2. The third-order valence-corrected chi connectivity index (χ3v) is 7.44. The number of nitrogens with zero attached hydrogens (tertiary/aromatic N) is 1. The van der Waals surface area contributed by atoms with Crippen molar-refractivity contribution in [3.63, 3.8) is 0 Å². The van der Waals surface area contributed by atoms with E-state index in [0.29, 0.717) is 22.7 Å². The van der Waals surface area contributed by atoms with Crippen LogP contribution >= 0.6 is 11.8 Å². The summed E-state index contributed by atoms with van der Waals surface area (Å²) in [7, 11) is -4.03. The highest BCUT2D eigenvalue weighted by Crippen LogP contribution is 2.34. The van der Waals surface area contributed by atoms with Crippen LogP contribution in [-0.4, -0.2) is 36.8 Å². The largest absolute Gasteiger partial charge is 0.454 e. The third-order valence-electron chi connectivity index (χ3n) is 4.65. The maximum absolute atomic E-state index is 12.9. The number of carbonyl (C=O) groups is 1. The fraction of sp³-hybridized carbons (Fsp3) is 0.190. The summed E-state index contributed by atoms with van der Waals surface area (Å²) in [6.45, 7) is 3.66. The predicted molar refractivity (Wildman–Crippen MR) is 118 cm³/mol. The maximum Gasteiger partial charge on any atom is 0.270 e. The van der Waals surface area contributed by atoms with Crippen molar-refractivity contribution in [3.8, 4) is 11.5 Å². The lowest BCUT2D eigenvalue weighted by Gasteiger charge is -2.09. The van der Waals surface area contributed by atoms with E-state index in [9.17, 15) is 18.0 Å². The number of fused-ring (bicyclic) bond motifs is 1. The zero-order chi connectivity index (χ0) is 22.9. The van der Waals surface area contributed by atoms with E-state index >= 15 is 0 Å². The Morgan fingerprint density at radius 3 is 2.66 bits per heavy atom. The molecule has 0 aliphatic carbocycles. The van der Waals surface area contributed by atoms with Gasteiger partial charge in [0.05, 0.1) is 16.8 Å². The molecule has 2 aromatic carbocycles. The van der Waals surface area contributed by atoms with Gasteiger partial charge < -0.3 is 19.8 Å². The molecule has 1 amide bonds. The Bertz CT molecular complexity index is 1370. The molecule has 0 saturated heterocycles. The summed E-state index contributed by atoms with van der Waals surface area (Å²) in [6.07, 6.45) is 1.02. The monoisotopic (exact) mass is 473 g/mol. The maximum atomic E-state index is 12.9. The molecule has 0 saturated carbocycles. The molecule has 9 nitrogen and oxygen atoms in total. The first-order chi connectivity index (χ1) is 15.2. The van der Waals surface area contributed by atoms with Crippen LogP contribution in [0.1, 0.15) is 11.1 Å². The average molecular weight is 474 g/mol. The zero-order valence-corrected chi connectivity index (χ0v) is 18.8. The minimum Gasteiger partial charge on any atom is -0.454 e. The lowest BCUT2D eigenvalue weighted by Crippen LogP contribution is -2.20. The highest BCUT2D eigenvalue weighted by molar-refractivity contribution is 7.99. The van der Waals surface area contributed by atoms with Gasteiger partial charge in [0.2, 0.25) is 22.5 Å². The van der Waals surface area contributed by atoms with E-state index < -0.39 is 20.3 Å². The van der Waals surface area contributed by atoms with Gasteiger partial charge >= 0.3 is 0 Å². The van der Waals surface area contributed by atoms with Crippen molar-refractivity contribution in [2.45, 2.75) is 28.8 Å². The van der Waals surface area contributed by atoms with Crippen LogP contribution < -0.4 is 20.3 Å². The fourth-order valence-electron chi connectivity index (χ4n) is 3.16. The summed E-state index contributed by atoms with van der Waals surface area (Å²) >= 11 is 0.978. The van der Waals surface area contributed by atoms with Gasteiger partial charge in [0.25, 0.3) is 5.56 Å². The lowest BCUT2D eigenvalue weighted by molar-refractivity contribution is -0.113. The number of benzene rings is 2. The van der Waals surface area contributed by atoms with E-state index in [2.05, 4.69) is 15.3 Å². The number of aryl methyl sites for hydroxylation is 2. The van der Waals surface area contributed by atoms with Crippen LogP contribution in [0.2, 0.25) is 0 Å². The second-order valence-electron chi connectivity index (χ2n) is 7.06. The second kappa shape index (κ2) is 8.67. The molecule has 2 heterocycles. The number of sulfone groups is 1. The summed E-state index contributed by atoms with van der Waals surface area (Å²) in [5, 5.41) is 2.85. The molecule has 166 valence electrons. The lowest BCUT2D eigenvalue weighted by atomic mass is 10.2. The molecule has 32 heavy (non-hydrogen) atoms. The van der Waals surface area contributed by atoms with Gasteiger partial charge in [-0.3, -0.25) is 9.59 Å². The predicted octanol–water partition coefficient (Wildman–Crippen LogP) is 2.68. The third kappa shape index (κ3) is 4.48. The van der Waals surface area contributed by atoms with E-state index in [0.717, 1.165) is 23.5 Å². The standard InChI is InChI=1S/C21H19N3O6S2/c1-12-3-6-17(13(2)7-12)32(27,28)18-9-22-21(24-20(18)26)31-10-19(25)23-14-4-5-15-16(8-14)30-11-29-15/h3-9H,10-11H2,1-2H3,(H,23,25)(H,22,24,26). The minimum atomic E-state index is -4.03. The van der Waals surface area contributed by atoms with E-state index in [1.54, 1.807) is 37.3 Å². The Morgan fingerprint density at radius 2 is 1.91 bits per heavy atom. The van der Waals surface area contributed by atoms with Gasteiger partial charge in [-0.2, -0.15) is 0 Å². The van der Waals surface area contributed by atoms with Gasteiger partial charge in [0.1, 0.15) is 0 Å². The van der Waals surface area contributed by atoms with E-state index in [4.69, 9.17) is 9.47 Å². The van der Waals surface area contributed by atoms with Crippen LogP contribution in [0.25, 0.3) is 0 Å². The summed E-state index contributed by atoms with van der Waals surface area (Å²) in [5.74, 6) is 0.779. The molecule has 2 N–H and O–H groups in total. The van der Waals surface area contributed by atoms with Gasteiger partial charge in [-0.25, -0.2) is 13.4 Å². The van der Waals surface area contributed by atoms with Gasteiger partial charge in [0, 0.05) is 11.8 Å². The van der Waals surface area contributed by atoms with Gasteiger partial charge in [-0.1, -0.05) is 29.5 Å². The number of carbonyl (C=O) groups excluding carboxylic acids is 1. The molecule has 0 bridgehead atoms. The quantitative estimate of drug-likeness (QED) is 0.413. The first-order valence-corrected chi connectivity index (χ1v) is 11.9.